The predicted molar refractivity (Wildman–Crippen MR) is 96.8 cm³/mol. The lowest BCUT2D eigenvalue weighted by atomic mass is 9.91. The molecule has 0 aromatic heterocycles. The number of nitrogens with zero attached hydrogens (tertiary/aromatic N) is 1. The first-order valence-corrected chi connectivity index (χ1v) is 8.82. The first kappa shape index (κ1) is 22.7. The summed E-state index contributed by atoms with van der Waals surface area (Å²) in [6.07, 6.45) is -4.66. The number of rotatable bonds is 8. The number of carbonyl (C=O) groups excluding carboxylic acids is 2. The van der Waals surface area contributed by atoms with Gasteiger partial charge in [0.05, 0.1) is 36.9 Å². The number of hydrogen-bond donors (Lipinski definition) is 1. The molecule has 0 radical (unpaired) electrons. The van der Waals surface area contributed by atoms with Gasteiger partial charge in [-0.2, -0.15) is 13.2 Å². The minimum atomic E-state index is -4.66. The lowest BCUT2D eigenvalue weighted by Crippen LogP contribution is -2.49. The highest BCUT2D eigenvalue weighted by atomic mass is 19.4. The van der Waals surface area contributed by atoms with Crippen molar-refractivity contribution in [2.24, 2.45) is 0 Å². The number of urea groups is 1. The molecule has 0 fully saturated rings. The van der Waals surface area contributed by atoms with Crippen LogP contribution in [0.4, 0.5) is 18.0 Å². The Kier molecular flexibility index (Phi) is 7.63. The number of hydrogen-bond acceptors (Lipinski definition) is 5. The first-order valence-electron chi connectivity index (χ1n) is 8.82. The molecule has 2 amide bonds. The Morgan fingerprint density at radius 2 is 1.79 bits per heavy atom. The molecule has 1 aliphatic heterocycles. The smallest absolute Gasteiger partial charge is 0.416 e. The van der Waals surface area contributed by atoms with Crippen molar-refractivity contribution in [2.75, 3.05) is 40.6 Å². The van der Waals surface area contributed by atoms with Gasteiger partial charge in [0.2, 0.25) is 0 Å². The standard InChI is InChI=1S/C19H23F3N2O5/c1-12-15(17(25)29-11-10-28-3)16(23-18(26)24(12)8-9-27-2)13-6-4-5-7-14(13)19(20,21)22/h4-7,16H,8-11H2,1-3H3,(H,23,26). The Morgan fingerprint density at radius 1 is 1.14 bits per heavy atom. The van der Waals surface area contributed by atoms with Crippen molar-refractivity contribution in [3.8, 4) is 0 Å². The van der Waals surface area contributed by atoms with E-state index in [0.29, 0.717) is 0 Å². The minimum absolute atomic E-state index is 0.0755. The molecule has 10 heteroatoms. The van der Waals surface area contributed by atoms with Crippen LogP contribution in [0.1, 0.15) is 24.1 Å². The molecular weight excluding hydrogens is 393 g/mol. The summed E-state index contributed by atoms with van der Waals surface area (Å²) in [6.45, 7) is 1.84. The maximum Gasteiger partial charge on any atom is 0.416 e. The van der Waals surface area contributed by atoms with Crippen LogP contribution >= 0.6 is 0 Å². The normalized spacial score (nSPS) is 17.4. The number of esters is 1. The third-order valence-electron chi connectivity index (χ3n) is 4.43. The zero-order valence-corrected chi connectivity index (χ0v) is 16.3. The summed E-state index contributed by atoms with van der Waals surface area (Å²) < 4.78 is 55.5. The highest BCUT2D eigenvalue weighted by Crippen LogP contribution is 2.39. The van der Waals surface area contributed by atoms with Crippen LogP contribution in [0.15, 0.2) is 35.5 Å². The molecule has 2 rings (SSSR count). The SMILES string of the molecule is COCCOC(=O)C1=C(C)N(CCOC)C(=O)NC1c1ccccc1C(F)(F)F. The van der Waals surface area contributed by atoms with Crippen LogP contribution in [0, 0.1) is 0 Å². The highest BCUT2D eigenvalue weighted by Gasteiger charge is 2.41. The van der Waals surface area contributed by atoms with Crippen molar-refractivity contribution in [3.05, 3.63) is 46.7 Å². The van der Waals surface area contributed by atoms with Crippen molar-refractivity contribution in [2.45, 2.75) is 19.1 Å². The number of halogens is 3. The summed E-state index contributed by atoms with van der Waals surface area (Å²) in [4.78, 5) is 26.5. The fourth-order valence-electron chi connectivity index (χ4n) is 3.03. The molecule has 160 valence electrons. The fraction of sp³-hybridized carbons (Fsp3) is 0.474. The monoisotopic (exact) mass is 416 g/mol. The van der Waals surface area contributed by atoms with Gasteiger partial charge in [-0.25, -0.2) is 9.59 Å². The Bertz CT molecular complexity index is 779. The van der Waals surface area contributed by atoms with Crippen LogP contribution in [0.25, 0.3) is 0 Å². The third kappa shape index (κ3) is 5.27. The molecular formula is C19H23F3N2O5. The summed E-state index contributed by atoms with van der Waals surface area (Å²) in [6, 6.07) is 2.85. The molecule has 1 unspecified atom stereocenters. The van der Waals surface area contributed by atoms with Gasteiger partial charge in [0.1, 0.15) is 6.61 Å². The highest BCUT2D eigenvalue weighted by molar-refractivity contribution is 5.95. The van der Waals surface area contributed by atoms with E-state index in [2.05, 4.69) is 5.32 Å². The summed E-state index contributed by atoms with van der Waals surface area (Å²) in [5.41, 5.74) is -1.05. The molecule has 0 saturated heterocycles. The fourth-order valence-corrected chi connectivity index (χ4v) is 3.03. The van der Waals surface area contributed by atoms with Gasteiger partial charge in [0.25, 0.3) is 0 Å². The van der Waals surface area contributed by atoms with Gasteiger partial charge in [-0.3, -0.25) is 4.90 Å². The Labute approximate surface area is 166 Å². The molecule has 7 nitrogen and oxygen atoms in total. The van der Waals surface area contributed by atoms with Crippen LogP contribution < -0.4 is 5.32 Å². The topological polar surface area (TPSA) is 77.1 Å². The molecule has 29 heavy (non-hydrogen) atoms. The third-order valence-corrected chi connectivity index (χ3v) is 4.43. The molecule has 1 aliphatic rings. The van der Waals surface area contributed by atoms with Crippen LogP contribution in [-0.4, -0.2) is 57.5 Å². The second-order valence-electron chi connectivity index (χ2n) is 6.24. The van der Waals surface area contributed by atoms with Crippen LogP contribution in [0.5, 0.6) is 0 Å². The van der Waals surface area contributed by atoms with E-state index in [0.717, 1.165) is 6.07 Å². The van der Waals surface area contributed by atoms with E-state index in [9.17, 15) is 22.8 Å². The molecule has 1 aromatic rings. The predicted octanol–water partition coefficient (Wildman–Crippen LogP) is 2.88. The molecule has 0 saturated carbocycles. The average molecular weight is 416 g/mol. The van der Waals surface area contributed by atoms with Crippen molar-refractivity contribution in [1.29, 1.82) is 0 Å². The summed E-state index contributed by atoms with van der Waals surface area (Å²) in [5.74, 6) is -0.830. The van der Waals surface area contributed by atoms with Gasteiger partial charge >= 0.3 is 18.2 Å². The van der Waals surface area contributed by atoms with Crippen LogP contribution in [0.2, 0.25) is 0 Å². The number of carbonyl (C=O) groups is 2. The molecule has 1 heterocycles. The number of ether oxygens (including phenoxy) is 3. The molecule has 1 atom stereocenters. The lowest BCUT2D eigenvalue weighted by Gasteiger charge is -2.36. The first-order chi connectivity index (χ1) is 13.7. The van der Waals surface area contributed by atoms with Crippen molar-refractivity contribution in [3.63, 3.8) is 0 Å². The zero-order valence-electron chi connectivity index (χ0n) is 16.3. The number of nitrogens with one attached hydrogen (secondary N) is 1. The van der Waals surface area contributed by atoms with Gasteiger partial charge in [-0.15, -0.1) is 0 Å². The second kappa shape index (κ2) is 9.75. The van der Waals surface area contributed by atoms with Gasteiger partial charge < -0.3 is 19.5 Å². The van der Waals surface area contributed by atoms with E-state index in [4.69, 9.17) is 14.2 Å². The van der Waals surface area contributed by atoms with Crippen LogP contribution in [0.3, 0.4) is 0 Å². The zero-order chi connectivity index (χ0) is 21.6. The van der Waals surface area contributed by atoms with Crippen molar-refractivity contribution >= 4 is 12.0 Å². The van der Waals surface area contributed by atoms with E-state index < -0.39 is 29.8 Å². The summed E-state index contributed by atoms with van der Waals surface area (Å²) in [7, 11) is 2.87. The molecule has 0 spiro atoms. The number of alkyl halides is 3. The molecule has 1 N–H and O–H groups in total. The van der Waals surface area contributed by atoms with E-state index in [1.54, 1.807) is 0 Å². The quantitative estimate of drug-likeness (QED) is 0.521. The Morgan fingerprint density at radius 3 is 2.41 bits per heavy atom. The van der Waals surface area contributed by atoms with Gasteiger partial charge in [-0.1, -0.05) is 18.2 Å². The number of allylic oxidation sites excluding steroid dienone is 1. The maximum absolute atomic E-state index is 13.5. The lowest BCUT2D eigenvalue weighted by molar-refractivity contribution is -0.142. The number of methoxy groups -OCH3 is 2. The van der Waals surface area contributed by atoms with Gasteiger partial charge in [-0.05, 0) is 18.6 Å². The van der Waals surface area contributed by atoms with Gasteiger partial charge in [0, 0.05) is 19.9 Å². The van der Waals surface area contributed by atoms with E-state index in [1.165, 1.54) is 44.2 Å². The Hall–Kier alpha value is -2.59. The van der Waals surface area contributed by atoms with E-state index >= 15 is 0 Å². The van der Waals surface area contributed by atoms with Gasteiger partial charge in [0.15, 0.2) is 0 Å². The minimum Gasteiger partial charge on any atom is -0.460 e. The van der Waals surface area contributed by atoms with Crippen LogP contribution in [-0.2, 0) is 25.2 Å². The van der Waals surface area contributed by atoms with E-state index in [1.807, 2.05) is 0 Å². The largest absolute Gasteiger partial charge is 0.460 e. The summed E-state index contributed by atoms with van der Waals surface area (Å²) in [5, 5.41) is 2.50. The number of benzene rings is 1. The molecule has 0 bridgehead atoms. The van der Waals surface area contributed by atoms with Crippen molar-refractivity contribution in [1.82, 2.24) is 10.2 Å². The summed E-state index contributed by atoms with van der Waals surface area (Å²) >= 11 is 0. The molecule has 1 aromatic carbocycles. The number of amides is 2. The van der Waals surface area contributed by atoms with E-state index in [-0.39, 0.29) is 43.2 Å². The average Bonchev–Trinajstić information content (AvgIpc) is 2.67. The second-order valence-corrected chi connectivity index (χ2v) is 6.24. The molecule has 0 aliphatic carbocycles. The maximum atomic E-state index is 13.5. The Balaban J connectivity index is 2.54. The van der Waals surface area contributed by atoms with Crippen molar-refractivity contribution < 1.29 is 37.0 Å².